The molecular formula is C22H25ClN2O3. The molecule has 6 heteroatoms. The van der Waals surface area contributed by atoms with Crippen molar-refractivity contribution in [2.24, 2.45) is 0 Å². The molecule has 2 aromatic carbocycles. The Morgan fingerprint density at radius 3 is 2.64 bits per heavy atom. The van der Waals surface area contributed by atoms with E-state index in [1.165, 1.54) is 11.1 Å². The molecule has 28 heavy (non-hydrogen) atoms. The quantitative estimate of drug-likeness (QED) is 0.786. The van der Waals surface area contributed by atoms with E-state index in [0.717, 1.165) is 26.1 Å². The molecule has 0 unspecified atom stereocenters. The summed E-state index contributed by atoms with van der Waals surface area (Å²) in [5, 5.41) is 0.431. The van der Waals surface area contributed by atoms with Crippen LogP contribution in [0.2, 0.25) is 5.02 Å². The highest BCUT2D eigenvalue weighted by Crippen LogP contribution is 2.38. The van der Waals surface area contributed by atoms with E-state index in [-0.39, 0.29) is 5.91 Å². The molecular weight excluding hydrogens is 376 g/mol. The van der Waals surface area contributed by atoms with Crippen LogP contribution in [0.1, 0.15) is 27.9 Å². The van der Waals surface area contributed by atoms with Crippen molar-refractivity contribution in [2.75, 3.05) is 39.4 Å². The largest absolute Gasteiger partial charge is 0.489 e. The second-order valence-corrected chi connectivity index (χ2v) is 7.80. The molecule has 0 aliphatic carbocycles. The number of rotatable bonds is 3. The molecule has 0 aromatic heterocycles. The lowest BCUT2D eigenvalue weighted by atomic mass is 10.1. The second-order valence-electron chi connectivity index (χ2n) is 7.39. The van der Waals surface area contributed by atoms with Crippen LogP contribution in [0.25, 0.3) is 0 Å². The van der Waals surface area contributed by atoms with E-state index in [9.17, 15) is 4.79 Å². The van der Waals surface area contributed by atoms with Crippen LogP contribution in [0.5, 0.6) is 11.5 Å². The van der Waals surface area contributed by atoms with Crippen molar-refractivity contribution in [1.82, 2.24) is 9.80 Å². The fraction of sp³-hybridized carbons (Fsp3) is 0.409. The molecule has 0 radical (unpaired) electrons. The van der Waals surface area contributed by atoms with Gasteiger partial charge < -0.3 is 14.4 Å². The normalized spacial score (nSPS) is 17.3. The van der Waals surface area contributed by atoms with Gasteiger partial charge in [0.15, 0.2) is 11.5 Å². The van der Waals surface area contributed by atoms with Gasteiger partial charge in [-0.25, -0.2) is 0 Å². The van der Waals surface area contributed by atoms with Crippen molar-refractivity contribution in [1.29, 1.82) is 0 Å². The van der Waals surface area contributed by atoms with E-state index in [1.54, 1.807) is 12.1 Å². The summed E-state index contributed by atoms with van der Waals surface area (Å²) >= 11 is 6.35. The maximum atomic E-state index is 13.0. The number of benzene rings is 2. The number of hydrogen-bond acceptors (Lipinski definition) is 4. The first-order valence-electron chi connectivity index (χ1n) is 9.76. The number of halogens is 1. The summed E-state index contributed by atoms with van der Waals surface area (Å²) in [4.78, 5) is 17.3. The number of amides is 1. The van der Waals surface area contributed by atoms with Crippen LogP contribution in [-0.4, -0.2) is 55.1 Å². The van der Waals surface area contributed by atoms with E-state index in [4.69, 9.17) is 21.1 Å². The number of nitrogens with zero attached hydrogens (tertiary/aromatic N) is 2. The summed E-state index contributed by atoms with van der Waals surface area (Å²) in [7, 11) is 0. The first-order chi connectivity index (χ1) is 13.6. The third-order valence-electron chi connectivity index (χ3n) is 5.20. The molecule has 1 amide bonds. The lowest BCUT2D eigenvalue weighted by molar-refractivity contribution is 0.0628. The highest BCUT2D eigenvalue weighted by atomic mass is 35.5. The van der Waals surface area contributed by atoms with Crippen LogP contribution < -0.4 is 9.47 Å². The van der Waals surface area contributed by atoms with Crippen LogP contribution in [0.3, 0.4) is 0 Å². The van der Waals surface area contributed by atoms with E-state index in [2.05, 4.69) is 36.1 Å². The zero-order chi connectivity index (χ0) is 19.5. The van der Waals surface area contributed by atoms with Crippen LogP contribution >= 0.6 is 11.6 Å². The number of carbonyl (C=O) groups is 1. The summed E-state index contributed by atoms with van der Waals surface area (Å²) < 4.78 is 11.4. The number of ether oxygens (including phenoxy) is 2. The van der Waals surface area contributed by atoms with E-state index in [1.807, 2.05) is 4.90 Å². The third-order valence-corrected chi connectivity index (χ3v) is 5.48. The Bertz CT molecular complexity index is 863. The number of fused-ring (bicyclic) bond motifs is 1. The fourth-order valence-corrected chi connectivity index (χ4v) is 3.98. The lowest BCUT2D eigenvalue weighted by Gasteiger charge is -2.35. The van der Waals surface area contributed by atoms with Gasteiger partial charge in [-0.2, -0.15) is 0 Å². The molecule has 1 saturated heterocycles. The summed E-state index contributed by atoms with van der Waals surface area (Å²) in [6.07, 6.45) is 0.803. The Kier molecular flexibility index (Phi) is 5.74. The van der Waals surface area contributed by atoms with Crippen molar-refractivity contribution < 1.29 is 14.3 Å². The van der Waals surface area contributed by atoms with Gasteiger partial charge in [0.1, 0.15) is 0 Å². The number of hydrogen-bond donors (Lipinski definition) is 0. The highest BCUT2D eigenvalue weighted by molar-refractivity contribution is 6.32. The molecule has 2 aromatic rings. The number of carbonyl (C=O) groups excluding carboxylic acids is 1. The number of piperazine rings is 1. The van der Waals surface area contributed by atoms with Gasteiger partial charge in [0, 0.05) is 44.7 Å². The van der Waals surface area contributed by atoms with Gasteiger partial charge in [-0.1, -0.05) is 41.4 Å². The molecule has 2 aliphatic heterocycles. The fourth-order valence-electron chi connectivity index (χ4n) is 3.71. The molecule has 1 fully saturated rings. The minimum atomic E-state index is -0.00671. The van der Waals surface area contributed by atoms with Crippen molar-refractivity contribution in [3.63, 3.8) is 0 Å². The average molecular weight is 401 g/mol. The minimum absolute atomic E-state index is 0.00671. The molecule has 0 saturated carbocycles. The Hall–Kier alpha value is -2.24. The Balaban J connectivity index is 1.40. The summed E-state index contributed by atoms with van der Waals surface area (Å²) in [5.74, 6) is 1.10. The SMILES string of the molecule is Cc1cccc(CN2CCN(C(=O)c3cc(Cl)c4c(c3)OCCCO4)CC2)c1. The average Bonchev–Trinajstić information content (AvgIpc) is 2.94. The lowest BCUT2D eigenvalue weighted by Crippen LogP contribution is -2.48. The number of aryl methyl sites for hydroxylation is 1. The zero-order valence-corrected chi connectivity index (χ0v) is 16.9. The Labute approximate surface area is 170 Å². The van der Waals surface area contributed by atoms with E-state index < -0.39 is 0 Å². The maximum Gasteiger partial charge on any atom is 0.254 e. The van der Waals surface area contributed by atoms with Crippen molar-refractivity contribution >= 4 is 17.5 Å². The van der Waals surface area contributed by atoms with Crippen LogP contribution in [-0.2, 0) is 6.54 Å². The molecule has 148 valence electrons. The van der Waals surface area contributed by atoms with Gasteiger partial charge >= 0.3 is 0 Å². The Morgan fingerprint density at radius 1 is 1.07 bits per heavy atom. The van der Waals surface area contributed by atoms with Gasteiger partial charge in [0.25, 0.3) is 5.91 Å². The molecule has 0 bridgehead atoms. The first-order valence-corrected chi connectivity index (χ1v) is 10.1. The molecule has 4 rings (SSSR count). The maximum absolute atomic E-state index is 13.0. The third kappa shape index (κ3) is 4.26. The van der Waals surface area contributed by atoms with Crippen LogP contribution in [0, 0.1) is 6.92 Å². The Morgan fingerprint density at radius 2 is 1.86 bits per heavy atom. The van der Waals surface area contributed by atoms with E-state index in [0.29, 0.717) is 48.4 Å². The van der Waals surface area contributed by atoms with E-state index >= 15 is 0 Å². The highest BCUT2D eigenvalue weighted by Gasteiger charge is 2.25. The molecule has 2 aliphatic rings. The van der Waals surface area contributed by atoms with Gasteiger partial charge in [0.2, 0.25) is 0 Å². The van der Waals surface area contributed by atoms with Gasteiger partial charge in [0.05, 0.1) is 18.2 Å². The molecule has 5 nitrogen and oxygen atoms in total. The zero-order valence-electron chi connectivity index (χ0n) is 16.1. The monoisotopic (exact) mass is 400 g/mol. The molecule has 0 spiro atoms. The summed E-state index contributed by atoms with van der Waals surface area (Å²) in [5.41, 5.74) is 3.15. The molecule has 0 atom stereocenters. The van der Waals surface area contributed by atoms with Crippen LogP contribution in [0.15, 0.2) is 36.4 Å². The summed E-state index contributed by atoms with van der Waals surface area (Å²) in [6.45, 7) is 7.30. The van der Waals surface area contributed by atoms with Crippen molar-refractivity contribution in [3.05, 3.63) is 58.1 Å². The first kappa shape index (κ1) is 19.1. The topological polar surface area (TPSA) is 42.0 Å². The predicted molar refractivity (Wildman–Crippen MR) is 109 cm³/mol. The predicted octanol–water partition coefficient (Wildman–Crippen LogP) is 3.77. The second kappa shape index (κ2) is 8.41. The van der Waals surface area contributed by atoms with Crippen molar-refractivity contribution in [3.8, 4) is 11.5 Å². The molecule has 0 N–H and O–H groups in total. The van der Waals surface area contributed by atoms with Gasteiger partial charge in [-0.15, -0.1) is 0 Å². The summed E-state index contributed by atoms with van der Waals surface area (Å²) in [6, 6.07) is 12.0. The van der Waals surface area contributed by atoms with Crippen molar-refractivity contribution in [2.45, 2.75) is 19.9 Å². The van der Waals surface area contributed by atoms with Gasteiger partial charge in [-0.05, 0) is 24.6 Å². The molecule has 2 heterocycles. The van der Waals surface area contributed by atoms with Crippen LogP contribution in [0.4, 0.5) is 0 Å². The smallest absolute Gasteiger partial charge is 0.254 e. The minimum Gasteiger partial charge on any atom is -0.489 e. The standard InChI is InChI=1S/C22H25ClN2O3/c1-16-4-2-5-17(12-16)15-24-6-8-25(9-7-24)22(26)18-13-19(23)21-20(14-18)27-10-3-11-28-21/h2,4-5,12-14H,3,6-11,15H2,1H3. The van der Waals surface area contributed by atoms with Gasteiger partial charge in [-0.3, -0.25) is 9.69 Å².